The second kappa shape index (κ2) is 7.22. The predicted octanol–water partition coefficient (Wildman–Crippen LogP) is 4.25. The molecular formula is C16H19BrFN3. The minimum atomic E-state index is -0.549. The second-order valence-electron chi connectivity index (χ2n) is 4.68. The lowest BCUT2D eigenvalue weighted by molar-refractivity contribution is 0.557. The molecule has 0 fully saturated rings. The van der Waals surface area contributed by atoms with Crippen LogP contribution in [0.3, 0.4) is 0 Å². The van der Waals surface area contributed by atoms with Crippen molar-refractivity contribution in [2.24, 2.45) is 5.73 Å². The van der Waals surface area contributed by atoms with Crippen molar-refractivity contribution in [3.8, 4) is 0 Å². The molecule has 0 aliphatic heterocycles. The number of halogens is 2. The standard InChI is InChI=1S/C16H19BrFN3/c1-6-21(11(4)5)16(19)13(10(2)3)9-12-7-8-14(17)15(18)20-12/h6-8H,1-2,4,9,19H2,3,5H3/b16-13-. The molecule has 1 aromatic rings. The van der Waals surface area contributed by atoms with Crippen LogP contribution >= 0.6 is 15.9 Å². The first kappa shape index (κ1) is 17.2. The maximum absolute atomic E-state index is 13.5. The number of nitrogens with two attached hydrogens (primary N) is 1. The van der Waals surface area contributed by atoms with Crippen LogP contribution in [0.25, 0.3) is 0 Å². The highest BCUT2D eigenvalue weighted by atomic mass is 79.9. The smallest absolute Gasteiger partial charge is 0.227 e. The van der Waals surface area contributed by atoms with Gasteiger partial charge in [0.2, 0.25) is 5.95 Å². The maximum Gasteiger partial charge on any atom is 0.227 e. The van der Waals surface area contributed by atoms with E-state index in [4.69, 9.17) is 5.73 Å². The number of aromatic nitrogens is 1. The van der Waals surface area contributed by atoms with E-state index in [1.807, 2.05) is 13.8 Å². The van der Waals surface area contributed by atoms with Crippen molar-refractivity contribution in [3.63, 3.8) is 0 Å². The number of allylic oxidation sites excluding steroid dienone is 3. The van der Waals surface area contributed by atoms with E-state index in [-0.39, 0.29) is 0 Å². The molecule has 21 heavy (non-hydrogen) atoms. The third kappa shape index (κ3) is 4.29. The van der Waals surface area contributed by atoms with Gasteiger partial charge in [-0.15, -0.1) is 0 Å². The Kier molecular flexibility index (Phi) is 5.90. The highest BCUT2D eigenvalue weighted by Crippen LogP contribution is 2.22. The molecule has 0 radical (unpaired) electrons. The molecule has 3 nitrogen and oxygen atoms in total. The number of hydrogen-bond acceptors (Lipinski definition) is 3. The van der Waals surface area contributed by atoms with Crippen LogP contribution in [0.1, 0.15) is 19.5 Å². The second-order valence-corrected chi connectivity index (χ2v) is 5.54. The van der Waals surface area contributed by atoms with Crippen molar-refractivity contribution < 1.29 is 4.39 Å². The first-order chi connectivity index (χ1) is 9.77. The van der Waals surface area contributed by atoms with E-state index in [0.717, 1.165) is 16.8 Å². The lowest BCUT2D eigenvalue weighted by Crippen LogP contribution is -2.23. The summed E-state index contributed by atoms with van der Waals surface area (Å²) in [7, 11) is 0. The molecule has 1 heterocycles. The van der Waals surface area contributed by atoms with Gasteiger partial charge in [0, 0.05) is 29.6 Å². The van der Waals surface area contributed by atoms with Gasteiger partial charge in [0.05, 0.1) is 4.47 Å². The fraction of sp³-hybridized carbons (Fsp3) is 0.188. The summed E-state index contributed by atoms with van der Waals surface area (Å²) in [6, 6.07) is 3.36. The molecule has 0 saturated heterocycles. The zero-order valence-corrected chi connectivity index (χ0v) is 13.9. The van der Waals surface area contributed by atoms with Crippen LogP contribution in [0.2, 0.25) is 0 Å². The zero-order chi connectivity index (χ0) is 16.2. The molecular weight excluding hydrogens is 333 g/mol. The number of rotatable bonds is 6. The van der Waals surface area contributed by atoms with Gasteiger partial charge in [0.15, 0.2) is 0 Å². The Morgan fingerprint density at radius 2 is 2.05 bits per heavy atom. The molecule has 0 atom stereocenters. The molecule has 1 aromatic heterocycles. The molecule has 2 N–H and O–H groups in total. The van der Waals surface area contributed by atoms with Gasteiger partial charge in [-0.25, -0.2) is 4.98 Å². The fourth-order valence-corrected chi connectivity index (χ4v) is 2.02. The molecule has 0 saturated carbocycles. The summed E-state index contributed by atoms with van der Waals surface area (Å²) in [6.45, 7) is 15.2. The summed E-state index contributed by atoms with van der Waals surface area (Å²) >= 11 is 3.08. The Hall–Kier alpha value is -1.88. The van der Waals surface area contributed by atoms with Gasteiger partial charge in [0.25, 0.3) is 0 Å². The molecule has 0 spiro atoms. The molecule has 112 valence electrons. The van der Waals surface area contributed by atoms with E-state index >= 15 is 0 Å². The fourth-order valence-electron chi connectivity index (χ4n) is 1.80. The summed E-state index contributed by atoms with van der Waals surface area (Å²) in [5.41, 5.74) is 9.03. The van der Waals surface area contributed by atoms with E-state index in [2.05, 4.69) is 40.7 Å². The Labute approximate surface area is 133 Å². The lowest BCUT2D eigenvalue weighted by Gasteiger charge is -2.23. The molecule has 0 aliphatic carbocycles. The van der Waals surface area contributed by atoms with E-state index in [1.54, 1.807) is 23.2 Å². The molecule has 0 amide bonds. The van der Waals surface area contributed by atoms with Crippen molar-refractivity contribution >= 4 is 15.9 Å². The van der Waals surface area contributed by atoms with Gasteiger partial charge in [-0.1, -0.05) is 25.3 Å². The largest absolute Gasteiger partial charge is 0.385 e. The Morgan fingerprint density at radius 1 is 1.43 bits per heavy atom. The Morgan fingerprint density at radius 3 is 2.48 bits per heavy atom. The average molecular weight is 352 g/mol. The van der Waals surface area contributed by atoms with Gasteiger partial charge in [-0.2, -0.15) is 4.39 Å². The summed E-state index contributed by atoms with van der Waals surface area (Å²) < 4.78 is 13.8. The van der Waals surface area contributed by atoms with Crippen molar-refractivity contribution in [3.05, 3.63) is 76.8 Å². The predicted molar refractivity (Wildman–Crippen MR) is 88.5 cm³/mol. The average Bonchev–Trinajstić information content (AvgIpc) is 2.39. The van der Waals surface area contributed by atoms with Crippen LogP contribution in [0.5, 0.6) is 0 Å². The highest BCUT2D eigenvalue weighted by Gasteiger charge is 2.13. The van der Waals surface area contributed by atoms with E-state index in [1.165, 1.54) is 0 Å². The molecule has 1 rings (SSSR count). The lowest BCUT2D eigenvalue weighted by atomic mass is 10.0. The van der Waals surface area contributed by atoms with Gasteiger partial charge in [0.1, 0.15) is 5.82 Å². The van der Waals surface area contributed by atoms with Crippen molar-refractivity contribution in [2.75, 3.05) is 0 Å². The minimum absolute atomic E-state index is 0.328. The van der Waals surface area contributed by atoms with E-state index in [0.29, 0.717) is 22.4 Å². The number of pyridine rings is 1. The first-order valence-electron chi connectivity index (χ1n) is 6.30. The van der Waals surface area contributed by atoms with Crippen LogP contribution in [-0.4, -0.2) is 9.88 Å². The van der Waals surface area contributed by atoms with Crippen LogP contribution in [-0.2, 0) is 6.42 Å². The summed E-state index contributed by atoms with van der Waals surface area (Å²) in [4.78, 5) is 5.56. The monoisotopic (exact) mass is 351 g/mol. The third-order valence-electron chi connectivity index (χ3n) is 2.90. The summed E-state index contributed by atoms with van der Waals surface area (Å²) in [5, 5.41) is 0. The molecule has 5 heteroatoms. The summed E-state index contributed by atoms with van der Waals surface area (Å²) in [5.74, 6) is -0.0808. The van der Waals surface area contributed by atoms with Crippen molar-refractivity contribution in [2.45, 2.75) is 20.3 Å². The van der Waals surface area contributed by atoms with Crippen molar-refractivity contribution in [1.82, 2.24) is 9.88 Å². The first-order valence-corrected chi connectivity index (χ1v) is 7.10. The van der Waals surface area contributed by atoms with Crippen molar-refractivity contribution in [1.29, 1.82) is 0 Å². The quantitative estimate of drug-likeness (QED) is 0.615. The molecule has 0 aromatic carbocycles. The van der Waals surface area contributed by atoms with Crippen LogP contribution in [0, 0.1) is 5.95 Å². The van der Waals surface area contributed by atoms with Gasteiger partial charge < -0.3 is 10.6 Å². The number of hydrogen-bond donors (Lipinski definition) is 1. The maximum atomic E-state index is 13.5. The molecule has 0 aliphatic rings. The third-order valence-corrected chi connectivity index (χ3v) is 3.49. The highest BCUT2D eigenvalue weighted by molar-refractivity contribution is 9.10. The van der Waals surface area contributed by atoms with Crippen LogP contribution < -0.4 is 5.73 Å². The number of nitrogens with zero attached hydrogens (tertiary/aromatic N) is 2. The Bertz CT molecular complexity index is 620. The normalized spacial score (nSPS) is 11.6. The van der Waals surface area contributed by atoms with Crippen LogP contribution in [0.4, 0.5) is 4.39 Å². The SMILES string of the molecule is C=CN(C(=C)C)/C(N)=C(/Cc1ccc(Br)c(F)n1)C(=C)C. The zero-order valence-electron chi connectivity index (χ0n) is 12.3. The van der Waals surface area contributed by atoms with E-state index < -0.39 is 5.95 Å². The van der Waals surface area contributed by atoms with Gasteiger partial charge >= 0.3 is 0 Å². The minimum Gasteiger partial charge on any atom is -0.385 e. The Balaban J connectivity index is 3.23. The van der Waals surface area contributed by atoms with Crippen LogP contribution in [0.15, 0.2) is 65.2 Å². The van der Waals surface area contributed by atoms with Gasteiger partial charge in [-0.05, 0) is 41.9 Å². The van der Waals surface area contributed by atoms with E-state index in [9.17, 15) is 4.39 Å². The topological polar surface area (TPSA) is 42.1 Å². The molecule has 0 bridgehead atoms. The molecule has 0 unspecified atom stereocenters. The summed E-state index contributed by atoms with van der Waals surface area (Å²) in [6.07, 6.45) is 1.96. The van der Waals surface area contributed by atoms with Gasteiger partial charge in [-0.3, -0.25) is 0 Å².